The topological polar surface area (TPSA) is 23.5 Å². The standard InChI is InChI=1S/C16H18BrNO/c1-11-4-6-13(7-5-11)18(3)14-8-9-15(12(2)19)16(17)10-14/h4-10,12,19H,1-3H3/t12-/m0/s1. The monoisotopic (exact) mass is 319 g/mol. The number of aliphatic hydroxyl groups is 1. The van der Waals surface area contributed by atoms with E-state index in [-0.39, 0.29) is 0 Å². The van der Waals surface area contributed by atoms with Gasteiger partial charge in [0.15, 0.2) is 0 Å². The molecule has 0 amide bonds. The zero-order valence-electron chi connectivity index (χ0n) is 11.4. The fourth-order valence-corrected chi connectivity index (χ4v) is 2.68. The Labute approximate surface area is 122 Å². The number of aryl methyl sites for hydroxylation is 1. The molecular weight excluding hydrogens is 302 g/mol. The maximum Gasteiger partial charge on any atom is 0.0772 e. The first kappa shape index (κ1) is 14.1. The van der Waals surface area contributed by atoms with E-state index in [1.807, 2.05) is 25.2 Å². The van der Waals surface area contributed by atoms with E-state index in [0.29, 0.717) is 0 Å². The third-order valence-corrected chi connectivity index (χ3v) is 3.93. The molecule has 0 aliphatic heterocycles. The highest BCUT2D eigenvalue weighted by atomic mass is 79.9. The van der Waals surface area contributed by atoms with E-state index in [1.165, 1.54) is 5.56 Å². The van der Waals surface area contributed by atoms with Gasteiger partial charge in [0, 0.05) is 22.9 Å². The van der Waals surface area contributed by atoms with Crippen LogP contribution in [0.25, 0.3) is 0 Å². The number of hydrogen-bond donors (Lipinski definition) is 1. The molecule has 100 valence electrons. The summed E-state index contributed by atoms with van der Waals surface area (Å²) in [7, 11) is 2.04. The molecule has 2 nitrogen and oxygen atoms in total. The molecule has 2 aromatic carbocycles. The second kappa shape index (κ2) is 5.76. The van der Waals surface area contributed by atoms with E-state index in [4.69, 9.17) is 0 Å². The smallest absolute Gasteiger partial charge is 0.0772 e. The van der Waals surface area contributed by atoms with Crippen LogP contribution in [0.3, 0.4) is 0 Å². The van der Waals surface area contributed by atoms with Gasteiger partial charge in [-0.25, -0.2) is 0 Å². The van der Waals surface area contributed by atoms with Crippen LogP contribution in [0.15, 0.2) is 46.9 Å². The van der Waals surface area contributed by atoms with Crippen molar-refractivity contribution in [2.75, 3.05) is 11.9 Å². The summed E-state index contributed by atoms with van der Waals surface area (Å²) in [5.74, 6) is 0. The summed E-state index contributed by atoms with van der Waals surface area (Å²) in [5, 5.41) is 9.64. The summed E-state index contributed by atoms with van der Waals surface area (Å²) >= 11 is 3.51. The van der Waals surface area contributed by atoms with Crippen LogP contribution in [-0.2, 0) is 0 Å². The highest BCUT2D eigenvalue weighted by Crippen LogP contribution is 2.31. The van der Waals surface area contributed by atoms with Gasteiger partial charge >= 0.3 is 0 Å². The van der Waals surface area contributed by atoms with Crippen LogP contribution in [0.2, 0.25) is 0 Å². The van der Waals surface area contributed by atoms with Crippen LogP contribution in [-0.4, -0.2) is 12.2 Å². The number of halogens is 1. The lowest BCUT2D eigenvalue weighted by atomic mass is 10.1. The minimum atomic E-state index is -0.465. The van der Waals surface area contributed by atoms with Crippen molar-refractivity contribution in [2.45, 2.75) is 20.0 Å². The lowest BCUT2D eigenvalue weighted by Crippen LogP contribution is -2.09. The fourth-order valence-electron chi connectivity index (χ4n) is 1.98. The Morgan fingerprint density at radius 1 is 1.05 bits per heavy atom. The van der Waals surface area contributed by atoms with Gasteiger partial charge in [-0.2, -0.15) is 0 Å². The van der Waals surface area contributed by atoms with Crippen molar-refractivity contribution in [2.24, 2.45) is 0 Å². The van der Waals surface area contributed by atoms with Crippen LogP contribution in [0.4, 0.5) is 11.4 Å². The van der Waals surface area contributed by atoms with Gasteiger partial charge in [-0.05, 0) is 43.7 Å². The van der Waals surface area contributed by atoms with Gasteiger partial charge in [-0.1, -0.05) is 39.7 Å². The average molecular weight is 320 g/mol. The van der Waals surface area contributed by atoms with Gasteiger partial charge in [-0.15, -0.1) is 0 Å². The maximum absolute atomic E-state index is 9.64. The summed E-state index contributed by atoms with van der Waals surface area (Å²) in [4.78, 5) is 2.12. The first-order valence-corrected chi connectivity index (χ1v) is 7.06. The molecule has 0 aliphatic carbocycles. The molecular formula is C16H18BrNO. The molecule has 0 aromatic heterocycles. The molecule has 0 aliphatic rings. The van der Waals surface area contributed by atoms with Crippen molar-refractivity contribution in [1.82, 2.24) is 0 Å². The molecule has 2 rings (SSSR count). The Balaban J connectivity index is 2.31. The molecule has 0 fully saturated rings. The summed E-state index contributed by atoms with van der Waals surface area (Å²) in [6.45, 7) is 3.85. The second-order valence-corrected chi connectivity index (χ2v) is 5.63. The normalized spacial score (nSPS) is 12.3. The number of benzene rings is 2. The Bertz CT molecular complexity index is 563. The minimum Gasteiger partial charge on any atom is -0.389 e. The first-order valence-electron chi connectivity index (χ1n) is 6.27. The van der Waals surface area contributed by atoms with E-state index in [1.54, 1.807) is 6.92 Å². The third-order valence-electron chi connectivity index (χ3n) is 3.24. The SMILES string of the molecule is Cc1ccc(N(C)c2ccc([C@H](C)O)c(Br)c2)cc1. The largest absolute Gasteiger partial charge is 0.389 e. The lowest BCUT2D eigenvalue weighted by molar-refractivity contribution is 0.198. The highest BCUT2D eigenvalue weighted by Gasteiger charge is 2.09. The summed E-state index contributed by atoms with van der Waals surface area (Å²) < 4.78 is 0.930. The molecule has 1 N–H and O–H groups in total. The fraction of sp³-hybridized carbons (Fsp3) is 0.250. The van der Waals surface area contributed by atoms with E-state index >= 15 is 0 Å². The molecule has 0 saturated carbocycles. The van der Waals surface area contributed by atoms with Crippen LogP contribution in [0, 0.1) is 6.92 Å². The third kappa shape index (κ3) is 3.17. The zero-order chi connectivity index (χ0) is 14.0. The van der Waals surface area contributed by atoms with E-state index < -0.39 is 6.10 Å². The van der Waals surface area contributed by atoms with Crippen LogP contribution in [0.1, 0.15) is 24.2 Å². The number of anilines is 2. The molecule has 0 saturated heterocycles. The van der Waals surface area contributed by atoms with Crippen LogP contribution in [0.5, 0.6) is 0 Å². The predicted octanol–water partition coefficient (Wildman–Crippen LogP) is 4.58. The minimum absolute atomic E-state index is 0.465. The van der Waals surface area contributed by atoms with E-state index in [9.17, 15) is 5.11 Å². The Morgan fingerprint density at radius 3 is 2.16 bits per heavy atom. The van der Waals surface area contributed by atoms with Crippen molar-refractivity contribution >= 4 is 27.3 Å². The number of nitrogens with zero attached hydrogens (tertiary/aromatic N) is 1. The van der Waals surface area contributed by atoms with Crippen molar-refractivity contribution in [3.63, 3.8) is 0 Å². The van der Waals surface area contributed by atoms with Crippen LogP contribution < -0.4 is 4.90 Å². The number of hydrogen-bond acceptors (Lipinski definition) is 2. The predicted molar refractivity (Wildman–Crippen MR) is 84.0 cm³/mol. The van der Waals surface area contributed by atoms with Gasteiger partial charge in [0.2, 0.25) is 0 Å². The zero-order valence-corrected chi connectivity index (χ0v) is 13.0. The molecule has 1 atom stereocenters. The maximum atomic E-state index is 9.64. The van der Waals surface area contributed by atoms with E-state index in [2.05, 4.69) is 52.0 Å². The van der Waals surface area contributed by atoms with Gasteiger partial charge in [0.1, 0.15) is 0 Å². The molecule has 0 unspecified atom stereocenters. The van der Waals surface area contributed by atoms with Crippen molar-refractivity contribution < 1.29 is 5.11 Å². The summed E-state index contributed by atoms with van der Waals surface area (Å²) in [5.41, 5.74) is 4.38. The van der Waals surface area contributed by atoms with Gasteiger partial charge in [0.05, 0.1) is 6.10 Å². The van der Waals surface area contributed by atoms with Crippen LogP contribution >= 0.6 is 15.9 Å². The Hall–Kier alpha value is -1.32. The summed E-state index contributed by atoms with van der Waals surface area (Å²) in [6.07, 6.45) is -0.465. The second-order valence-electron chi connectivity index (χ2n) is 4.78. The molecule has 2 aromatic rings. The van der Waals surface area contributed by atoms with Gasteiger partial charge in [-0.3, -0.25) is 0 Å². The molecule has 0 heterocycles. The van der Waals surface area contributed by atoms with Crippen molar-refractivity contribution in [1.29, 1.82) is 0 Å². The molecule has 3 heteroatoms. The molecule has 0 radical (unpaired) electrons. The number of aliphatic hydroxyl groups excluding tert-OH is 1. The van der Waals surface area contributed by atoms with Gasteiger partial charge < -0.3 is 10.0 Å². The Kier molecular flexibility index (Phi) is 4.27. The molecule has 0 bridgehead atoms. The Morgan fingerprint density at radius 2 is 1.63 bits per heavy atom. The number of rotatable bonds is 3. The van der Waals surface area contributed by atoms with Crippen molar-refractivity contribution in [3.8, 4) is 0 Å². The quantitative estimate of drug-likeness (QED) is 0.895. The van der Waals surface area contributed by atoms with Crippen molar-refractivity contribution in [3.05, 3.63) is 58.1 Å². The average Bonchev–Trinajstić information content (AvgIpc) is 2.38. The summed E-state index contributed by atoms with van der Waals surface area (Å²) in [6, 6.07) is 14.4. The lowest BCUT2D eigenvalue weighted by Gasteiger charge is -2.21. The van der Waals surface area contributed by atoms with E-state index in [0.717, 1.165) is 21.4 Å². The van der Waals surface area contributed by atoms with Gasteiger partial charge in [0.25, 0.3) is 0 Å². The molecule has 0 spiro atoms. The molecule has 19 heavy (non-hydrogen) atoms. The highest BCUT2D eigenvalue weighted by molar-refractivity contribution is 9.10. The first-order chi connectivity index (χ1) is 8.99.